The van der Waals surface area contributed by atoms with Crippen molar-refractivity contribution in [3.63, 3.8) is 0 Å². The van der Waals surface area contributed by atoms with Crippen molar-refractivity contribution in [2.24, 2.45) is 5.92 Å². The van der Waals surface area contributed by atoms with Crippen LogP contribution in [0.15, 0.2) is 78.0 Å². The fourth-order valence-electron chi connectivity index (χ4n) is 5.27. The predicted molar refractivity (Wildman–Crippen MR) is 176 cm³/mol. The summed E-state index contributed by atoms with van der Waals surface area (Å²) in [5, 5.41) is 7.98. The number of aromatic nitrogens is 4. The lowest BCUT2D eigenvalue weighted by molar-refractivity contribution is 0.101. The second kappa shape index (κ2) is 13.4. The number of hydrogen-bond acceptors (Lipinski definition) is 9. The van der Waals surface area contributed by atoms with Gasteiger partial charge in [0.1, 0.15) is 17.3 Å². The summed E-state index contributed by atoms with van der Waals surface area (Å²) in [5.74, 6) is 4.41. The molecule has 0 radical (unpaired) electrons. The van der Waals surface area contributed by atoms with Crippen LogP contribution in [0.2, 0.25) is 0 Å². The van der Waals surface area contributed by atoms with Gasteiger partial charge in [-0.25, -0.2) is 4.98 Å². The predicted octanol–water partition coefficient (Wildman–Crippen LogP) is 6.37. The number of nitrogens with one attached hydrogen (secondary N) is 1. The normalized spacial score (nSPS) is 13.4. The minimum Gasteiger partial charge on any atom is -0.493 e. The monoisotopic (exact) mass is 623 g/mol. The van der Waals surface area contributed by atoms with Gasteiger partial charge < -0.3 is 19.5 Å². The van der Waals surface area contributed by atoms with Gasteiger partial charge in [0.25, 0.3) is 5.91 Å². The van der Waals surface area contributed by atoms with E-state index in [1.54, 1.807) is 61.6 Å². The molecule has 0 atom stereocenters. The van der Waals surface area contributed by atoms with Crippen molar-refractivity contribution in [2.45, 2.75) is 26.3 Å². The molecule has 230 valence electrons. The van der Waals surface area contributed by atoms with E-state index < -0.39 is 11.3 Å². The number of thioether (sulfide) groups is 1. The van der Waals surface area contributed by atoms with Crippen LogP contribution in [0.1, 0.15) is 28.9 Å². The second-order valence-electron chi connectivity index (χ2n) is 10.8. The number of anilines is 1. The maximum absolute atomic E-state index is 13.6. The van der Waals surface area contributed by atoms with Gasteiger partial charge in [0.15, 0.2) is 17.2 Å². The van der Waals surface area contributed by atoms with Gasteiger partial charge in [-0.15, -0.1) is 0 Å². The number of benzene rings is 2. The highest BCUT2D eigenvalue weighted by Gasteiger charge is 2.21. The number of ether oxygens (including phenoxy) is 3. The lowest BCUT2D eigenvalue weighted by Crippen LogP contribution is -2.29. The molecule has 5 aromatic rings. The zero-order chi connectivity index (χ0) is 31.3. The summed E-state index contributed by atoms with van der Waals surface area (Å²) >= 11 is 1.95. The van der Waals surface area contributed by atoms with Crippen LogP contribution in [0.5, 0.6) is 23.0 Å². The molecule has 3 aromatic heterocycles. The molecule has 0 saturated carbocycles. The number of nitrogens with zero attached hydrogens (tertiary/aromatic N) is 4. The fraction of sp³-hybridized carbons (Fsp3) is 0.265. The summed E-state index contributed by atoms with van der Waals surface area (Å²) in [6.45, 7) is 2.64. The average Bonchev–Trinajstić information content (AvgIpc) is 3.06. The first-order valence-electron chi connectivity index (χ1n) is 14.6. The SMILES string of the molecule is COc1cc2nccc(Oc3ccc(NC(=O)c4nn(CC5CCSCC5)cc(-c5ccc(C)cc5)c4=O)nc3)c2cc1OC. The number of fused-ring (bicyclic) bond motifs is 1. The summed E-state index contributed by atoms with van der Waals surface area (Å²) in [7, 11) is 3.14. The summed E-state index contributed by atoms with van der Waals surface area (Å²) < 4.78 is 18.7. The van der Waals surface area contributed by atoms with Crippen molar-refractivity contribution in [1.82, 2.24) is 19.7 Å². The van der Waals surface area contributed by atoms with Crippen LogP contribution in [0, 0.1) is 12.8 Å². The minimum atomic E-state index is -0.621. The second-order valence-corrected chi connectivity index (χ2v) is 12.1. The Morgan fingerprint density at radius 2 is 1.73 bits per heavy atom. The Bertz CT molecular complexity index is 1890. The van der Waals surface area contributed by atoms with E-state index in [2.05, 4.69) is 20.4 Å². The Kier molecular flexibility index (Phi) is 8.97. The van der Waals surface area contributed by atoms with E-state index in [0.717, 1.165) is 40.9 Å². The molecule has 1 saturated heterocycles. The third-order valence-electron chi connectivity index (χ3n) is 7.74. The van der Waals surface area contributed by atoms with Crippen molar-refractivity contribution >= 4 is 34.4 Å². The highest BCUT2D eigenvalue weighted by Crippen LogP contribution is 2.37. The van der Waals surface area contributed by atoms with Gasteiger partial charge in [0.05, 0.1) is 25.9 Å². The fourth-order valence-corrected chi connectivity index (χ4v) is 6.47. The number of pyridine rings is 2. The van der Waals surface area contributed by atoms with Crippen molar-refractivity contribution in [1.29, 1.82) is 0 Å². The molecule has 1 aliphatic rings. The molecule has 6 rings (SSSR count). The van der Waals surface area contributed by atoms with Gasteiger partial charge in [-0.1, -0.05) is 29.8 Å². The lowest BCUT2D eigenvalue weighted by atomic mass is 10.0. The molecule has 1 aliphatic heterocycles. The average molecular weight is 624 g/mol. The molecule has 1 amide bonds. The molecule has 1 fully saturated rings. The van der Waals surface area contributed by atoms with E-state index >= 15 is 0 Å². The van der Waals surface area contributed by atoms with Gasteiger partial charge in [-0.3, -0.25) is 19.3 Å². The van der Waals surface area contributed by atoms with Crippen molar-refractivity contribution in [2.75, 3.05) is 31.0 Å². The number of hydrogen-bond donors (Lipinski definition) is 1. The number of amides is 1. The Hall–Kier alpha value is -4.90. The first-order valence-corrected chi connectivity index (χ1v) is 15.8. The summed E-state index contributed by atoms with van der Waals surface area (Å²) in [6, 6.07) is 16.3. The molecule has 0 aliphatic carbocycles. The molecule has 10 nitrogen and oxygen atoms in total. The number of methoxy groups -OCH3 is 2. The van der Waals surface area contributed by atoms with Gasteiger partial charge in [-0.2, -0.15) is 16.9 Å². The van der Waals surface area contributed by atoms with Crippen LogP contribution in [0.25, 0.3) is 22.0 Å². The molecule has 4 heterocycles. The summed E-state index contributed by atoms with van der Waals surface area (Å²) in [4.78, 5) is 35.8. The molecule has 2 aromatic carbocycles. The van der Waals surface area contributed by atoms with Crippen LogP contribution in [0.4, 0.5) is 5.82 Å². The van der Waals surface area contributed by atoms with Gasteiger partial charge in [-0.05, 0) is 67.0 Å². The molecule has 11 heteroatoms. The lowest BCUT2D eigenvalue weighted by Gasteiger charge is -2.22. The Morgan fingerprint density at radius 1 is 0.978 bits per heavy atom. The minimum absolute atomic E-state index is 0.173. The molecule has 45 heavy (non-hydrogen) atoms. The number of carbonyl (C=O) groups excluding carboxylic acids is 1. The van der Waals surface area contributed by atoms with Crippen molar-refractivity contribution in [3.8, 4) is 34.1 Å². The van der Waals surface area contributed by atoms with Gasteiger partial charge >= 0.3 is 0 Å². The van der Waals surface area contributed by atoms with Crippen LogP contribution in [-0.4, -0.2) is 51.4 Å². The zero-order valence-electron chi connectivity index (χ0n) is 25.3. The third kappa shape index (κ3) is 6.78. The number of aryl methyl sites for hydroxylation is 1. The first-order chi connectivity index (χ1) is 21.9. The first kappa shape index (κ1) is 30.1. The quantitative estimate of drug-likeness (QED) is 0.200. The third-order valence-corrected chi connectivity index (χ3v) is 8.79. The molecular formula is C34H33N5O5S. The molecule has 0 unspecified atom stereocenters. The van der Waals surface area contributed by atoms with E-state index in [9.17, 15) is 9.59 Å². The van der Waals surface area contributed by atoms with Crippen LogP contribution >= 0.6 is 11.8 Å². The van der Waals surface area contributed by atoms with Crippen LogP contribution < -0.4 is 25.0 Å². The Morgan fingerprint density at radius 3 is 2.44 bits per heavy atom. The Balaban J connectivity index is 1.24. The topological polar surface area (TPSA) is 117 Å². The number of rotatable bonds is 9. The smallest absolute Gasteiger partial charge is 0.281 e. The zero-order valence-corrected chi connectivity index (χ0v) is 26.1. The number of carbonyl (C=O) groups is 1. The Labute approximate surface area is 264 Å². The van der Waals surface area contributed by atoms with E-state index in [1.807, 2.05) is 43.0 Å². The van der Waals surface area contributed by atoms with E-state index in [1.165, 1.54) is 6.20 Å². The highest BCUT2D eigenvalue weighted by molar-refractivity contribution is 7.99. The molecule has 1 N–H and O–H groups in total. The standard InChI is InChI=1S/C34H33N5O5S/c1-21-4-6-23(7-5-21)26-20-39(19-22-11-14-45-15-12-22)38-32(33(26)40)34(41)37-31-9-8-24(18-36-31)44-28-10-13-35-27-17-30(43-3)29(42-2)16-25(27)28/h4-10,13,16-18,20,22H,11-12,14-15,19H2,1-3H3,(H,36,37,41). The van der Waals surface area contributed by atoms with E-state index in [-0.39, 0.29) is 11.5 Å². The molecule has 0 bridgehead atoms. The molecule has 0 spiro atoms. The van der Waals surface area contributed by atoms with Crippen molar-refractivity contribution in [3.05, 3.63) is 94.7 Å². The van der Waals surface area contributed by atoms with Gasteiger partial charge in [0.2, 0.25) is 5.43 Å². The van der Waals surface area contributed by atoms with Crippen LogP contribution in [-0.2, 0) is 6.54 Å². The van der Waals surface area contributed by atoms with Crippen molar-refractivity contribution < 1.29 is 19.0 Å². The molecular weight excluding hydrogens is 590 g/mol. The van der Waals surface area contributed by atoms with E-state index in [0.29, 0.717) is 46.5 Å². The maximum atomic E-state index is 13.6. The maximum Gasteiger partial charge on any atom is 0.281 e. The summed E-state index contributed by atoms with van der Waals surface area (Å²) in [5.41, 5.74) is 2.35. The largest absolute Gasteiger partial charge is 0.493 e. The highest BCUT2D eigenvalue weighted by atomic mass is 32.2. The van der Waals surface area contributed by atoms with E-state index in [4.69, 9.17) is 14.2 Å². The van der Waals surface area contributed by atoms with Crippen LogP contribution in [0.3, 0.4) is 0 Å². The van der Waals surface area contributed by atoms with Gasteiger partial charge in [0, 0.05) is 36.0 Å². The summed E-state index contributed by atoms with van der Waals surface area (Å²) in [6.07, 6.45) is 7.07.